The summed E-state index contributed by atoms with van der Waals surface area (Å²) >= 11 is 0. The molecule has 0 radical (unpaired) electrons. The Balaban J connectivity index is 1.88. The van der Waals surface area contributed by atoms with Crippen LogP contribution in [0.4, 0.5) is 30.2 Å². The Morgan fingerprint density at radius 1 is 0.968 bits per heavy atom. The number of fused-ring (bicyclic) bond motifs is 1. The Morgan fingerprint density at radius 2 is 1.71 bits per heavy atom. The van der Waals surface area contributed by atoms with Crippen molar-refractivity contribution in [3.8, 4) is 5.88 Å². The molecule has 3 aromatic rings. The predicted octanol–water partition coefficient (Wildman–Crippen LogP) is 5.54. The van der Waals surface area contributed by atoms with Crippen LogP contribution in [-0.2, 0) is 0 Å². The van der Waals surface area contributed by atoms with E-state index in [1.807, 2.05) is 0 Å². The molecule has 1 aliphatic rings. The highest BCUT2D eigenvalue weighted by atomic mass is 19.3. The van der Waals surface area contributed by atoms with E-state index in [1.54, 1.807) is 36.9 Å². The fraction of sp³-hybridized carbons (Fsp3) is 0.217. The molecular weight excluding hydrogens is 407 g/mol. The monoisotopic (exact) mass is 427 g/mol. The van der Waals surface area contributed by atoms with Crippen LogP contribution in [-0.4, -0.2) is 24.7 Å². The van der Waals surface area contributed by atoms with Crippen LogP contribution in [0.3, 0.4) is 0 Å². The van der Waals surface area contributed by atoms with Gasteiger partial charge in [0.15, 0.2) is 0 Å². The highest BCUT2D eigenvalue weighted by Crippen LogP contribution is 2.39. The van der Waals surface area contributed by atoms with Gasteiger partial charge in [0.1, 0.15) is 12.5 Å². The first kappa shape index (κ1) is 20.7. The largest absolute Gasteiger partial charge is 0.481 e. The first-order chi connectivity index (χ1) is 14.8. The van der Waals surface area contributed by atoms with Crippen molar-refractivity contribution >= 4 is 23.0 Å². The van der Waals surface area contributed by atoms with Crippen molar-refractivity contribution in [1.82, 2.24) is 4.98 Å². The molecule has 1 aliphatic heterocycles. The van der Waals surface area contributed by atoms with E-state index in [0.29, 0.717) is 34.2 Å². The zero-order chi connectivity index (χ0) is 22.3. The zero-order valence-corrected chi connectivity index (χ0v) is 17.2. The maximum Gasteiger partial charge on any atom is 0.263 e. The molecule has 0 fully saturated rings. The maximum atomic E-state index is 13.7. The number of pyridine rings is 1. The minimum atomic E-state index is -2.68. The number of alkyl halides is 2. The van der Waals surface area contributed by atoms with Crippen molar-refractivity contribution in [2.75, 3.05) is 23.6 Å². The van der Waals surface area contributed by atoms with Gasteiger partial charge in [-0.3, -0.25) is 9.69 Å². The van der Waals surface area contributed by atoms with Gasteiger partial charge in [0.05, 0.1) is 29.7 Å². The Kier molecular flexibility index (Phi) is 5.31. The second-order valence-electron chi connectivity index (χ2n) is 7.27. The fourth-order valence-corrected chi connectivity index (χ4v) is 3.76. The van der Waals surface area contributed by atoms with Crippen molar-refractivity contribution in [2.24, 2.45) is 0 Å². The molecule has 0 atom stereocenters. The minimum Gasteiger partial charge on any atom is -0.481 e. The second-order valence-corrected chi connectivity index (χ2v) is 7.27. The number of amides is 1. The van der Waals surface area contributed by atoms with E-state index < -0.39 is 12.2 Å². The molecule has 0 saturated heterocycles. The summed E-state index contributed by atoms with van der Waals surface area (Å²) in [5.74, 6) is -0.316. The third-order valence-corrected chi connectivity index (χ3v) is 5.30. The number of nitrogens with zero attached hydrogens (tertiary/aromatic N) is 3. The van der Waals surface area contributed by atoms with Crippen LogP contribution in [0.5, 0.6) is 5.88 Å². The molecule has 0 unspecified atom stereocenters. The minimum absolute atomic E-state index is 0.0554. The number of carbonyl (C=O) groups excluding carboxylic acids is 1. The highest BCUT2D eigenvalue weighted by molar-refractivity contribution is 6.12. The van der Waals surface area contributed by atoms with Gasteiger partial charge in [0, 0.05) is 17.3 Å². The summed E-state index contributed by atoms with van der Waals surface area (Å²) in [5.41, 5.74) is 2.82. The van der Waals surface area contributed by atoms with Gasteiger partial charge in [-0.2, -0.15) is 0 Å². The number of aromatic nitrogens is 1. The molecule has 160 valence electrons. The second kappa shape index (κ2) is 7.94. The molecule has 0 N–H and O–H groups in total. The number of benzene rings is 2. The van der Waals surface area contributed by atoms with Gasteiger partial charge in [-0.25, -0.2) is 18.2 Å². The number of halogens is 3. The van der Waals surface area contributed by atoms with Crippen molar-refractivity contribution in [3.63, 3.8) is 0 Å². The summed E-state index contributed by atoms with van der Waals surface area (Å²) in [6.45, 7) is 3.55. The molecule has 1 aromatic heterocycles. The zero-order valence-electron chi connectivity index (χ0n) is 17.2. The summed E-state index contributed by atoms with van der Waals surface area (Å²) < 4.78 is 45.6. The highest BCUT2D eigenvalue weighted by Gasteiger charge is 2.33. The lowest BCUT2D eigenvalue weighted by Crippen LogP contribution is -2.45. The summed E-state index contributed by atoms with van der Waals surface area (Å²) in [7, 11) is 1.50. The number of carbonyl (C=O) groups is 1. The SMILES string of the molecule is COc1ccc(N2CN(c3ccc(F)cc3C)c3cc(C(F)F)ccc3C2=O)c(C)n1. The Labute approximate surface area is 177 Å². The van der Waals surface area contributed by atoms with Crippen LogP contribution in [0.1, 0.15) is 33.6 Å². The van der Waals surface area contributed by atoms with Crippen LogP contribution >= 0.6 is 0 Å². The summed E-state index contributed by atoms with van der Waals surface area (Å²) in [6, 6.07) is 11.6. The molecule has 2 aromatic carbocycles. The molecule has 8 heteroatoms. The van der Waals surface area contributed by atoms with Crippen molar-refractivity contribution in [3.05, 3.63) is 76.7 Å². The van der Waals surface area contributed by atoms with E-state index in [0.717, 1.165) is 0 Å². The van der Waals surface area contributed by atoms with Gasteiger partial charge in [-0.1, -0.05) is 6.07 Å². The first-order valence-electron chi connectivity index (χ1n) is 9.59. The molecule has 4 rings (SSSR count). The molecule has 0 spiro atoms. The molecule has 5 nitrogen and oxygen atoms in total. The number of hydrogen-bond acceptors (Lipinski definition) is 4. The first-order valence-corrected chi connectivity index (χ1v) is 9.59. The van der Waals surface area contributed by atoms with Crippen molar-refractivity contribution in [1.29, 1.82) is 0 Å². The van der Waals surface area contributed by atoms with E-state index in [9.17, 15) is 18.0 Å². The average Bonchev–Trinajstić information content (AvgIpc) is 2.74. The lowest BCUT2D eigenvalue weighted by Gasteiger charge is -2.39. The summed E-state index contributed by atoms with van der Waals surface area (Å²) in [5, 5.41) is 0. The molecule has 0 aliphatic carbocycles. The van der Waals surface area contributed by atoms with Gasteiger partial charge >= 0.3 is 0 Å². The molecule has 0 bridgehead atoms. The predicted molar refractivity (Wildman–Crippen MR) is 112 cm³/mol. The van der Waals surface area contributed by atoms with Crippen LogP contribution in [0.2, 0.25) is 0 Å². The van der Waals surface area contributed by atoms with Gasteiger partial charge in [-0.05, 0) is 55.8 Å². The van der Waals surface area contributed by atoms with Gasteiger partial charge in [-0.15, -0.1) is 0 Å². The number of rotatable bonds is 4. The normalized spacial score (nSPS) is 13.6. The molecule has 31 heavy (non-hydrogen) atoms. The third kappa shape index (κ3) is 3.69. The summed E-state index contributed by atoms with van der Waals surface area (Å²) in [6.07, 6.45) is -2.68. The van der Waals surface area contributed by atoms with Crippen molar-refractivity contribution < 1.29 is 22.7 Å². The number of hydrogen-bond donors (Lipinski definition) is 0. The Morgan fingerprint density at radius 3 is 2.35 bits per heavy atom. The third-order valence-electron chi connectivity index (χ3n) is 5.30. The number of ether oxygens (including phenoxy) is 1. The molecule has 2 heterocycles. The fourth-order valence-electron chi connectivity index (χ4n) is 3.76. The van der Waals surface area contributed by atoms with Gasteiger partial charge in [0.25, 0.3) is 12.3 Å². The van der Waals surface area contributed by atoms with E-state index in [1.165, 1.54) is 42.3 Å². The maximum absolute atomic E-state index is 13.7. The number of methoxy groups -OCH3 is 1. The quantitative estimate of drug-likeness (QED) is 0.549. The summed E-state index contributed by atoms with van der Waals surface area (Å²) in [4.78, 5) is 20.9. The topological polar surface area (TPSA) is 45.7 Å². The smallest absolute Gasteiger partial charge is 0.263 e. The Hall–Kier alpha value is -3.55. The lowest BCUT2D eigenvalue weighted by atomic mass is 10.0. The molecular formula is C23H20F3N3O2. The van der Waals surface area contributed by atoms with Crippen LogP contribution in [0.25, 0.3) is 0 Å². The van der Waals surface area contributed by atoms with Gasteiger partial charge < -0.3 is 9.64 Å². The lowest BCUT2D eigenvalue weighted by molar-refractivity contribution is 0.0982. The molecule has 0 saturated carbocycles. The van der Waals surface area contributed by atoms with Crippen LogP contribution < -0.4 is 14.5 Å². The van der Waals surface area contributed by atoms with E-state index in [-0.39, 0.29) is 23.7 Å². The van der Waals surface area contributed by atoms with E-state index in [4.69, 9.17) is 4.74 Å². The van der Waals surface area contributed by atoms with Gasteiger partial charge in [0.2, 0.25) is 5.88 Å². The average molecular weight is 427 g/mol. The number of anilines is 3. The standard InChI is InChI=1S/C23H20F3N3O2/c1-13-10-16(24)5-7-18(13)28-12-29(19-8-9-21(31-3)27-14(19)2)23(30)17-6-4-15(22(25)26)11-20(17)28/h4-11,22H,12H2,1-3H3. The van der Waals surface area contributed by atoms with Crippen LogP contribution in [0.15, 0.2) is 48.5 Å². The number of aryl methyl sites for hydroxylation is 2. The van der Waals surface area contributed by atoms with E-state index >= 15 is 0 Å². The molecule has 1 amide bonds. The van der Waals surface area contributed by atoms with E-state index in [2.05, 4.69) is 4.98 Å². The van der Waals surface area contributed by atoms with Crippen molar-refractivity contribution in [2.45, 2.75) is 20.3 Å². The van der Waals surface area contributed by atoms with Crippen LogP contribution in [0, 0.1) is 19.7 Å². The Bertz CT molecular complexity index is 1170.